The highest BCUT2D eigenvalue weighted by atomic mass is 16.5. The highest BCUT2D eigenvalue weighted by molar-refractivity contribution is 5.98. The molecule has 0 aliphatic heterocycles. The maximum Gasteiger partial charge on any atom is 0.328 e. The molecule has 0 atom stereocenters. The Morgan fingerprint density at radius 2 is 1.77 bits per heavy atom. The Kier molecular flexibility index (Phi) is 6.62. The topological polar surface area (TPSA) is 105 Å². The van der Waals surface area contributed by atoms with Crippen molar-refractivity contribution in [1.82, 2.24) is 10.9 Å². The van der Waals surface area contributed by atoms with Crippen LogP contribution in [0.5, 0.6) is 5.75 Å². The van der Waals surface area contributed by atoms with Crippen LogP contribution in [0.1, 0.15) is 24.2 Å². The van der Waals surface area contributed by atoms with Crippen molar-refractivity contribution in [2.24, 2.45) is 5.92 Å². The summed E-state index contributed by atoms with van der Waals surface area (Å²) in [5.74, 6) is -1.46. The molecule has 1 rings (SSSR count). The lowest BCUT2D eigenvalue weighted by Crippen LogP contribution is -2.40. The van der Waals surface area contributed by atoms with Gasteiger partial charge in [-0.1, -0.05) is 13.8 Å². The van der Waals surface area contributed by atoms with Gasteiger partial charge < -0.3 is 9.84 Å². The van der Waals surface area contributed by atoms with E-state index in [1.165, 1.54) is 0 Å². The molecule has 22 heavy (non-hydrogen) atoms. The normalized spacial score (nSPS) is 10.5. The fraction of sp³-hybridized carbons (Fsp3) is 0.267. The van der Waals surface area contributed by atoms with Crippen LogP contribution in [0.25, 0.3) is 0 Å². The molecule has 7 nitrogen and oxygen atoms in total. The number of hydrogen-bond donors (Lipinski definition) is 3. The van der Waals surface area contributed by atoms with Crippen molar-refractivity contribution >= 4 is 17.8 Å². The van der Waals surface area contributed by atoms with Gasteiger partial charge in [-0.25, -0.2) is 4.79 Å². The second kappa shape index (κ2) is 8.46. The third kappa shape index (κ3) is 6.56. The zero-order valence-corrected chi connectivity index (χ0v) is 12.3. The molecule has 118 valence electrons. The van der Waals surface area contributed by atoms with Crippen molar-refractivity contribution in [3.8, 4) is 5.75 Å². The largest absolute Gasteiger partial charge is 0.493 e. The molecular weight excluding hydrogens is 288 g/mol. The van der Waals surface area contributed by atoms with E-state index in [-0.39, 0.29) is 0 Å². The first-order valence-corrected chi connectivity index (χ1v) is 6.62. The Labute approximate surface area is 127 Å². The van der Waals surface area contributed by atoms with Crippen LogP contribution in [0.3, 0.4) is 0 Å². The van der Waals surface area contributed by atoms with Gasteiger partial charge in [0, 0.05) is 17.7 Å². The standard InChI is InChI=1S/C15H18N2O5/c1-10(2)9-22-12-5-3-11(4-6-12)15(21)17-16-13(18)7-8-14(19)20/h3-8,10H,9H2,1-2H3,(H,16,18)(H,17,21)(H,19,20)/b8-7+. The number of ether oxygens (including phenoxy) is 1. The summed E-state index contributed by atoms with van der Waals surface area (Å²) >= 11 is 0. The fourth-order valence-corrected chi connectivity index (χ4v) is 1.34. The predicted octanol–water partition coefficient (Wildman–Crippen LogP) is 1.12. The van der Waals surface area contributed by atoms with Crippen molar-refractivity contribution in [3.05, 3.63) is 42.0 Å². The second-order valence-electron chi connectivity index (χ2n) is 4.84. The van der Waals surface area contributed by atoms with Crippen LogP contribution in [0, 0.1) is 5.92 Å². The van der Waals surface area contributed by atoms with Crippen LogP contribution in [0.2, 0.25) is 0 Å². The second-order valence-corrected chi connectivity index (χ2v) is 4.84. The summed E-state index contributed by atoms with van der Waals surface area (Å²) in [6, 6.07) is 6.43. The predicted molar refractivity (Wildman–Crippen MR) is 79.2 cm³/mol. The zero-order valence-electron chi connectivity index (χ0n) is 12.3. The number of carbonyl (C=O) groups is 3. The molecule has 0 bridgehead atoms. The smallest absolute Gasteiger partial charge is 0.328 e. The number of aliphatic carboxylic acids is 1. The van der Waals surface area contributed by atoms with Gasteiger partial charge >= 0.3 is 5.97 Å². The average molecular weight is 306 g/mol. The lowest BCUT2D eigenvalue weighted by molar-refractivity contribution is -0.131. The number of nitrogens with one attached hydrogen (secondary N) is 2. The molecule has 7 heteroatoms. The van der Waals surface area contributed by atoms with E-state index in [9.17, 15) is 14.4 Å². The molecule has 1 aromatic rings. The van der Waals surface area contributed by atoms with Crippen molar-refractivity contribution in [2.45, 2.75) is 13.8 Å². The van der Waals surface area contributed by atoms with E-state index >= 15 is 0 Å². The van der Waals surface area contributed by atoms with Crippen molar-refractivity contribution in [3.63, 3.8) is 0 Å². The third-order valence-electron chi connectivity index (χ3n) is 2.38. The van der Waals surface area contributed by atoms with Gasteiger partial charge in [0.05, 0.1) is 6.61 Å². The maximum atomic E-state index is 11.8. The first-order valence-electron chi connectivity index (χ1n) is 6.62. The molecule has 0 aliphatic rings. The summed E-state index contributed by atoms with van der Waals surface area (Å²) < 4.78 is 5.49. The Morgan fingerprint density at radius 3 is 2.32 bits per heavy atom. The third-order valence-corrected chi connectivity index (χ3v) is 2.38. The average Bonchev–Trinajstić information content (AvgIpc) is 2.49. The number of amides is 2. The molecule has 0 saturated heterocycles. The maximum absolute atomic E-state index is 11.8. The molecule has 0 spiro atoms. The molecule has 0 radical (unpaired) electrons. The molecule has 0 aromatic heterocycles. The molecule has 0 heterocycles. The molecule has 0 fully saturated rings. The molecule has 3 N–H and O–H groups in total. The minimum Gasteiger partial charge on any atom is -0.493 e. The van der Waals surface area contributed by atoms with E-state index in [1.54, 1.807) is 24.3 Å². The van der Waals surface area contributed by atoms with Gasteiger partial charge in [0.2, 0.25) is 0 Å². The SMILES string of the molecule is CC(C)COc1ccc(C(=O)NNC(=O)/C=C/C(=O)O)cc1. The molecule has 1 aromatic carbocycles. The Bertz CT molecular complexity index is 564. The number of hydrazine groups is 1. The van der Waals surface area contributed by atoms with E-state index in [0.717, 1.165) is 6.08 Å². The summed E-state index contributed by atoms with van der Waals surface area (Å²) in [7, 11) is 0. The first-order chi connectivity index (χ1) is 10.4. The minimum absolute atomic E-state index is 0.333. The monoisotopic (exact) mass is 306 g/mol. The van der Waals surface area contributed by atoms with Crippen molar-refractivity contribution in [2.75, 3.05) is 6.61 Å². The van der Waals surface area contributed by atoms with E-state index in [4.69, 9.17) is 9.84 Å². The van der Waals surface area contributed by atoms with Gasteiger partial charge in [-0.3, -0.25) is 20.4 Å². The highest BCUT2D eigenvalue weighted by Gasteiger charge is 2.06. The van der Waals surface area contributed by atoms with Crippen LogP contribution in [0.15, 0.2) is 36.4 Å². The Balaban J connectivity index is 2.49. The summed E-state index contributed by atoms with van der Waals surface area (Å²) in [6.07, 6.45) is 1.47. The van der Waals surface area contributed by atoms with Gasteiger partial charge in [-0.2, -0.15) is 0 Å². The van der Waals surface area contributed by atoms with Crippen LogP contribution in [-0.2, 0) is 9.59 Å². The fourth-order valence-electron chi connectivity index (χ4n) is 1.34. The van der Waals surface area contributed by atoms with E-state index in [1.807, 2.05) is 13.8 Å². The highest BCUT2D eigenvalue weighted by Crippen LogP contribution is 2.13. The Hall–Kier alpha value is -2.83. The van der Waals surface area contributed by atoms with Gasteiger partial charge in [-0.05, 0) is 30.2 Å². The van der Waals surface area contributed by atoms with Crippen LogP contribution >= 0.6 is 0 Å². The molecule has 0 unspecified atom stereocenters. The number of carboxylic acids is 1. The molecular formula is C15H18N2O5. The molecule has 0 saturated carbocycles. The lowest BCUT2D eigenvalue weighted by atomic mass is 10.2. The van der Waals surface area contributed by atoms with E-state index in [0.29, 0.717) is 29.9 Å². The first kappa shape index (κ1) is 17.2. The van der Waals surface area contributed by atoms with Crippen LogP contribution in [0.4, 0.5) is 0 Å². The number of rotatable bonds is 6. The van der Waals surface area contributed by atoms with Gasteiger partial charge in [0.25, 0.3) is 11.8 Å². The van der Waals surface area contributed by atoms with Crippen LogP contribution < -0.4 is 15.6 Å². The zero-order chi connectivity index (χ0) is 16.5. The van der Waals surface area contributed by atoms with Gasteiger partial charge in [0.1, 0.15) is 5.75 Å². The van der Waals surface area contributed by atoms with Crippen LogP contribution in [-0.4, -0.2) is 29.5 Å². The quantitative estimate of drug-likeness (QED) is 0.539. The number of carbonyl (C=O) groups excluding carboxylic acids is 2. The van der Waals surface area contributed by atoms with Gasteiger partial charge in [-0.15, -0.1) is 0 Å². The summed E-state index contributed by atoms with van der Waals surface area (Å²) in [6.45, 7) is 4.64. The summed E-state index contributed by atoms with van der Waals surface area (Å²) in [4.78, 5) is 33.2. The number of benzene rings is 1. The van der Waals surface area contributed by atoms with Crippen molar-refractivity contribution < 1.29 is 24.2 Å². The number of carboxylic acid groups (broad SMARTS) is 1. The summed E-state index contributed by atoms with van der Waals surface area (Å²) in [5, 5.41) is 8.36. The van der Waals surface area contributed by atoms with E-state index < -0.39 is 17.8 Å². The summed E-state index contributed by atoms with van der Waals surface area (Å²) in [5.41, 5.74) is 4.57. The van der Waals surface area contributed by atoms with Crippen molar-refractivity contribution in [1.29, 1.82) is 0 Å². The molecule has 2 amide bonds. The Morgan fingerprint density at radius 1 is 1.14 bits per heavy atom. The lowest BCUT2D eigenvalue weighted by Gasteiger charge is -2.09. The van der Waals surface area contributed by atoms with Gasteiger partial charge in [0.15, 0.2) is 0 Å². The minimum atomic E-state index is -1.25. The molecule has 0 aliphatic carbocycles. The number of hydrogen-bond acceptors (Lipinski definition) is 4. The van der Waals surface area contributed by atoms with E-state index in [2.05, 4.69) is 10.9 Å².